The maximum atomic E-state index is 5.57. The van der Waals surface area contributed by atoms with E-state index < -0.39 is 0 Å². The summed E-state index contributed by atoms with van der Waals surface area (Å²) in [6.07, 6.45) is 1.93. The molecule has 76 valence electrons. The highest BCUT2D eigenvalue weighted by atomic mass is 32.1. The largest absolute Gasteiger partial charge is 0.330 e. The predicted molar refractivity (Wildman–Crippen MR) is 59.9 cm³/mol. The van der Waals surface area contributed by atoms with Gasteiger partial charge in [0.2, 0.25) is 0 Å². The zero-order valence-corrected chi connectivity index (χ0v) is 9.40. The van der Waals surface area contributed by atoms with Crippen LogP contribution in [-0.2, 0) is 12.8 Å². The van der Waals surface area contributed by atoms with E-state index in [4.69, 9.17) is 5.73 Å². The third-order valence-electron chi connectivity index (χ3n) is 2.50. The number of aromatic nitrogens is 2. The molecule has 0 aliphatic carbocycles. The van der Waals surface area contributed by atoms with Gasteiger partial charge in [0.05, 0.1) is 5.69 Å². The van der Waals surface area contributed by atoms with Gasteiger partial charge in [0.25, 0.3) is 0 Å². The molecule has 0 saturated carbocycles. The van der Waals surface area contributed by atoms with Gasteiger partial charge >= 0.3 is 0 Å². The van der Waals surface area contributed by atoms with Crippen molar-refractivity contribution >= 4 is 16.3 Å². The summed E-state index contributed by atoms with van der Waals surface area (Å²) in [5.41, 5.74) is 9.33. The van der Waals surface area contributed by atoms with Gasteiger partial charge in [-0.25, -0.2) is 4.98 Å². The van der Waals surface area contributed by atoms with Crippen LogP contribution in [0.25, 0.3) is 4.96 Å². The molecule has 0 unspecified atom stereocenters. The molecule has 0 bridgehead atoms. The minimum atomic E-state index is 0.699. The molecule has 0 saturated heterocycles. The second-order valence-electron chi connectivity index (χ2n) is 3.38. The SMILES string of the molecule is CCc1nc2scc(CCN)n2c1C. The zero-order valence-electron chi connectivity index (χ0n) is 8.58. The van der Waals surface area contributed by atoms with E-state index in [1.54, 1.807) is 11.3 Å². The van der Waals surface area contributed by atoms with Crippen LogP contribution in [0.4, 0.5) is 0 Å². The van der Waals surface area contributed by atoms with Crippen LogP contribution in [0.3, 0.4) is 0 Å². The Balaban J connectivity index is 2.58. The molecule has 2 aromatic heterocycles. The molecule has 0 radical (unpaired) electrons. The van der Waals surface area contributed by atoms with E-state index in [-0.39, 0.29) is 0 Å². The number of aryl methyl sites for hydroxylation is 2. The van der Waals surface area contributed by atoms with Gasteiger partial charge in [-0.3, -0.25) is 4.40 Å². The summed E-state index contributed by atoms with van der Waals surface area (Å²) in [6, 6.07) is 0. The first-order chi connectivity index (χ1) is 6.77. The number of rotatable bonds is 3. The van der Waals surface area contributed by atoms with E-state index in [9.17, 15) is 0 Å². The van der Waals surface area contributed by atoms with Gasteiger partial charge in [-0.2, -0.15) is 0 Å². The number of fused-ring (bicyclic) bond motifs is 1. The molecule has 0 amide bonds. The molecule has 2 aromatic rings. The van der Waals surface area contributed by atoms with Crippen LogP contribution in [0.1, 0.15) is 24.0 Å². The van der Waals surface area contributed by atoms with Crippen LogP contribution < -0.4 is 5.73 Å². The number of imidazole rings is 1. The second kappa shape index (κ2) is 3.71. The number of nitrogens with two attached hydrogens (primary N) is 1. The normalized spacial score (nSPS) is 11.4. The van der Waals surface area contributed by atoms with Crippen LogP contribution in [0.15, 0.2) is 5.38 Å². The van der Waals surface area contributed by atoms with Crippen molar-refractivity contribution in [2.75, 3.05) is 6.54 Å². The van der Waals surface area contributed by atoms with Crippen molar-refractivity contribution in [3.63, 3.8) is 0 Å². The van der Waals surface area contributed by atoms with E-state index in [1.807, 2.05) is 0 Å². The summed E-state index contributed by atoms with van der Waals surface area (Å²) in [5.74, 6) is 0. The predicted octanol–water partition coefficient (Wildman–Crippen LogP) is 1.77. The summed E-state index contributed by atoms with van der Waals surface area (Å²) in [4.78, 5) is 5.67. The lowest BCUT2D eigenvalue weighted by Gasteiger charge is -1.99. The third kappa shape index (κ3) is 1.35. The van der Waals surface area contributed by atoms with Crippen molar-refractivity contribution < 1.29 is 0 Å². The summed E-state index contributed by atoms with van der Waals surface area (Å²) >= 11 is 1.70. The first-order valence-electron chi connectivity index (χ1n) is 4.92. The van der Waals surface area contributed by atoms with Crippen molar-refractivity contribution in [1.82, 2.24) is 9.38 Å². The maximum Gasteiger partial charge on any atom is 0.194 e. The van der Waals surface area contributed by atoms with Gasteiger partial charge in [0.15, 0.2) is 4.96 Å². The van der Waals surface area contributed by atoms with E-state index in [0.717, 1.165) is 17.8 Å². The molecule has 4 heteroatoms. The van der Waals surface area contributed by atoms with Gasteiger partial charge in [-0.1, -0.05) is 6.92 Å². The molecular formula is C10H15N3S. The van der Waals surface area contributed by atoms with Gasteiger partial charge in [-0.05, 0) is 19.9 Å². The Morgan fingerprint density at radius 1 is 1.57 bits per heavy atom. The van der Waals surface area contributed by atoms with E-state index in [0.29, 0.717) is 6.54 Å². The van der Waals surface area contributed by atoms with Crippen molar-refractivity contribution in [2.45, 2.75) is 26.7 Å². The molecule has 0 spiro atoms. The Hall–Kier alpha value is -0.870. The molecule has 0 fully saturated rings. The Labute approximate surface area is 87.6 Å². The average molecular weight is 209 g/mol. The van der Waals surface area contributed by atoms with E-state index in [1.165, 1.54) is 17.1 Å². The Kier molecular flexibility index (Phi) is 2.56. The van der Waals surface area contributed by atoms with Crippen molar-refractivity contribution in [1.29, 1.82) is 0 Å². The zero-order chi connectivity index (χ0) is 10.1. The van der Waals surface area contributed by atoms with Crippen molar-refractivity contribution in [3.8, 4) is 0 Å². The van der Waals surface area contributed by atoms with Crippen LogP contribution in [0.5, 0.6) is 0 Å². The lowest BCUT2D eigenvalue weighted by molar-refractivity contribution is 0.890. The molecule has 3 nitrogen and oxygen atoms in total. The average Bonchev–Trinajstić information content (AvgIpc) is 2.69. The van der Waals surface area contributed by atoms with E-state index >= 15 is 0 Å². The first kappa shape index (κ1) is 9.68. The Morgan fingerprint density at radius 3 is 3.00 bits per heavy atom. The highest BCUT2D eigenvalue weighted by Gasteiger charge is 2.11. The lowest BCUT2D eigenvalue weighted by Crippen LogP contribution is -2.05. The molecule has 0 atom stereocenters. The highest BCUT2D eigenvalue weighted by Crippen LogP contribution is 2.21. The minimum absolute atomic E-state index is 0.699. The molecule has 0 aromatic carbocycles. The van der Waals surface area contributed by atoms with Gasteiger partial charge in [-0.15, -0.1) is 11.3 Å². The smallest absolute Gasteiger partial charge is 0.194 e. The fourth-order valence-electron chi connectivity index (χ4n) is 1.76. The van der Waals surface area contributed by atoms with Crippen LogP contribution >= 0.6 is 11.3 Å². The Bertz CT molecular complexity index is 441. The van der Waals surface area contributed by atoms with Crippen LogP contribution in [-0.4, -0.2) is 15.9 Å². The number of hydrogen-bond donors (Lipinski definition) is 1. The van der Waals surface area contributed by atoms with E-state index in [2.05, 4.69) is 28.6 Å². The molecule has 2 heterocycles. The molecule has 2 rings (SSSR count). The van der Waals surface area contributed by atoms with Crippen LogP contribution in [0, 0.1) is 6.92 Å². The Morgan fingerprint density at radius 2 is 2.36 bits per heavy atom. The number of hydrogen-bond acceptors (Lipinski definition) is 3. The number of nitrogens with zero attached hydrogens (tertiary/aromatic N) is 2. The van der Waals surface area contributed by atoms with Crippen molar-refractivity contribution in [2.24, 2.45) is 5.73 Å². The van der Waals surface area contributed by atoms with Crippen LogP contribution in [0.2, 0.25) is 0 Å². The summed E-state index contributed by atoms with van der Waals surface area (Å²) in [5, 5.41) is 2.15. The molecule has 0 aliphatic heterocycles. The fourth-order valence-corrected chi connectivity index (χ4v) is 2.75. The minimum Gasteiger partial charge on any atom is -0.330 e. The second-order valence-corrected chi connectivity index (χ2v) is 4.22. The standard InChI is InChI=1S/C10H15N3S/c1-3-9-7(2)13-8(4-5-11)6-14-10(13)12-9/h6H,3-5,11H2,1-2H3. The quantitative estimate of drug-likeness (QED) is 0.837. The van der Waals surface area contributed by atoms with Gasteiger partial charge < -0.3 is 5.73 Å². The van der Waals surface area contributed by atoms with Crippen molar-refractivity contribution in [3.05, 3.63) is 22.5 Å². The summed E-state index contributed by atoms with van der Waals surface area (Å²) in [7, 11) is 0. The summed E-state index contributed by atoms with van der Waals surface area (Å²) < 4.78 is 2.23. The topological polar surface area (TPSA) is 43.3 Å². The molecule has 0 aliphatic rings. The monoisotopic (exact) mass is 209 g/mol. The molecule has 14 heavy (non-hydrogen) atoms. The number of thiazole rings is 1. The highest BCUT2D eigenvalue weighted by molar-refractivity contribution is 7.15. The summed E-state index contributed by atoms with van der Waals surface area (Å²) in [6.45, 7) is 4.97. The fraction of sp³-hybridized carbons (Fsp3) is 0.500. The first-order valence-corrected chi connectivity index (χ1v) is 5.80. The third-order valence-corrected chi connectivity index (χ3v) is 3.37. The van der Waals surface area contributed by atoms with Gasteiger partial charge in [0, 0.05) is 23.2 Å². The maximum absolute atomic E-state index is 5.57. The lowest BCUT2D eigenvalue weighted by atomic mass is 10.3. The molecule has 2 N–H and O–H groups in total. The molecular weight excluding hydrogens is 194 g/mol. The van der Waals surface area contributed by atoms with Gasteiger partial charge in [0.1, 0.15) is 0 Å².